The van der Waals surface area contributed by atoms with Crippen molar-refractivity contribution >= 4 is 0 Å². The van der Waals surface area contributed by atoms with Gasteiger partial charge in [0, 0.05) is 0 Å². The zero-order valence-corrected chi connectivity index (χ0v) is 9.04. The molecule has 0 heterocycles. The smallest absolute Gasteiger partial charge is 0.0678 e. The Bertz CT molecular complexity index is 219. The maximum absolute atomic E-state index is 10.1. The predicted molar refractivity (Wildman–Crippen MR) is 57.0 cm³/mol. The Morgan fingerprint density at radius 2 is 1.57 bits per heavy atom. The molecule has 3 saturated carbocycles. The molecule has 0 aromatic heterocycles. The van der Waals surface area contributed by atoms with Gasteiger partial charge in [-0.1, -0.05) is 25.7 Å². The third-order valence-corrected chi connectivity index (χ3v) is 5.06. The van der Waals surface area contributed by atoms with Crippen LogP contribution >= 0.6 is 0 Å². The van der Waals surface area contributed by atoms with Gasteiger partial charge in [0.15, 0.2) is 0 Å². The average Bonchev–Trinajstić information content (AvgIpc) is 2.97. The quantitative estimate of drug-likeness (QED) is 0.680. The second kappa shape index (κ2) is 3.23. The molecule has 1 nitrogen and oxygen atoms in total. The molecule has 0 aromatic carbocycles. The first-order valence-electron chi connectivity index (χ1n) is 6.50. The molecule has 3 rings (SSSR count). The van der Waals surface area contributed by atoms with E-state index in [0.29, 0.717) is 5.92 Å². The summed E-state index contributed by atoms with van der Waals surface area (Å²) < 4.78 is 0. The normalized spacial score (nSPS) is 45.6. The highest BCUT2D eigenvalue weighted by Crippen LogP contribution is 2.52. The SMILES string of the molecule is OC1(C2CCC3CCCCC3C2)CC1. The minimum absolute atomic E-state index is 0.192. The van der Waals surface area contributed by atoms with Crippen LogP contribution in [0.15, 0.2) is 0 Å². The molecule has 1 heteroatoms. The summed E-state index contributed by atoms with van der Waals surface area (Å²) in [6.45, 7) is 0. The van der Waals surface area contributed by atoms with Crippen LogP contribution < -0.4 is 0 Å². The first-order chi connectivity index (χ1) is 6.78. The fourth-order valence-electron chi connectivity index (χ4n) is 3.90. The van der Waals surface area contributed by atoms with E-state index in [1.165, 1.54) is 44.9 Å². The Hall–Kier alpha value is -0.0400. The Kier molecular flexibility index (Phi) is 2.12. The summed E-state index contributed by atoms with van der Waals surface area (Å²) in [6.07, 6.45) is 12.1. The molecule has 0 saturated heterocycles. The molecule has 3 atom stereocenters. The molecule has 3 aliphatic carbocycles. The first kappa shape index (κ1) is 9.21. The molecule has 3 aliphatic rings. The maximum atomic E-state index is 10.1. The van der Waals surface area contributed by atoms with Gasteiger partial charge in [-0.2, -0.15) is 0 Å². The van der Waals surface area contributed by atoms with Gasteiger partial charge in [0.2, 0.25) is 0 Å². The van der Waals surface area contributed by atoms with Crippen LogP contribution in [-0.2, 0) is 0 Å². The van der Waals surface area contributed by atoms with Crippen LogP contribution in [0.25, 0.3) is 0 Å². The molecule has 0 spiro atoms. The maximum Gasteiger partial charge on any atom is 0.0678 e. The highest BCUT2D eigenvalue weighted by Gasteiger charge is 2.50. The van der Waals surface area contributed by atoms with E-state index in [0.717, 1.165) is 24.7 Å². The number of hydrogen-bond donors (Lipinski definition) is 1. The van der Waals surface area contributed by atoms with Crippen molar-refractivity contribution < 1.29 is 5.11 Å². The van der Waals surface area contributed by atoms with Crippen molar-refractivity contribution in [3.05, 3.63) is 0 Å². The van der Waals surface area contributed by atoms with Gasteiger partial charge in [-0.3, -0.25) is 0 Å². The van der Waals surface area contributed by atoms with E-state index >= 15 is 0 Å². The monoisotopic (exact) mass is 194 g/mol. The second-order valence-corrected chi connectivity index (χ2v) is 5.92. The third kappa shape index (κ3) is 1.50. The van der Waals surface area contributed by atoms with E-state index in [1.54, 1.807) is 0 Å². The van der Waals surface area contributed by atoms with Gasteiger partial charge in [0.1, 0.15) is 0 Å². The Labute approximate surface area is 86.9 Å². The lowest BCUT2D eigenvalue weighted by Gasteiger charge is -2.41. The topological polar surface area (TPSA) is 20.2 Å². The van der Waals surface area contributed by atoms with Crippen molar-refractivity contribution in [2.24, 2.45) is 17.8 Å². The van der Waals surface area contributed by atoms with Crippen molar-refractivity contribution in [1.82, 2.24) is 0 Å². The number of aliphatic hydroxyl groups is 1. The summed E-state index contributed by atoms with van der Waals surface area (Å²) >= 11 is 0. The summed E-state index contributed by atoms with van der Waals surface area (Å²) in [5.41, 5.74) is -0.192. The van der Waals surface area contributed by atoms with Gasteiger partial charge in [0.25, 0.3) is 0 Å². The minimum atomic E-state index is -0.192. The highest BCUT2D eigenvalue weighted by atomic mass is 16.3. The molecule has 3 unspecified atom stereocenters. The van der Waals surface area contributed by atoms with E-state index in [1.807, 2.05) is 0 Å². The van der Waals surface area contributed by atoms with Gasteiger partial charge in [-0.15, -0.1) is 0 Å². The largest absolute Gasteiger partial charge is 0.390 e. The van der Waals surface area contributed by atoms with E-state index < -0.39 is 0 Å². The van der Waals surface area contributed by atoms with E-state index in [4.69, 9.17) is 0 Å². The molecule has 14 heavy (non-hydrogen) atoms. The molecule has 0 amide bonds. The molecule has 80 valence electrons. The van der Waals surface area contributed by atoms with Crippen LogP contribution in [-0.4, -0.2) is 10.7 Å². The number of rotatable bonds is 1. The fourth-order valence-corrected chi connectivity index (χ4v) is 3.90. The van der Waals surface area contributed by atoms with Crippen molar-refractivity contribution in [3.8, 4) is 0 Å². The number of fused-ring (bicyclic) bond motifs is 1. The van der Waals surface area contributed by atoms with Gasteiger partial charge in [-0.25, -0.2) is 0 Å². The van der Waals surface area contributed by atoms with Gasteiger partial charge < -0.3 is 5.11 Å². The third-order valence-electron chi connectivity index (χ3n) is 5.06. The van der Waals surface area contributed by atoms with Gasteiger partial charge >= 0.3 is 0 Å². The molecule has 3 fully saturated rings. The zero-order chi connectivity index (χ0) is 9.60. The fraction of sp³-hybridized carbons (Fsp3) is 1.00. The van der Waals surface area contributed by atoms with Crippen LogP contribution in [0.4, 0.5) is 0 Å². The molecule has 0 radical (unpaired) electrons. The lowest BCUT2D eigenvalue weighted by molar-refractivity contribution is 0.0183. The van der Waals surface area contributed by atoms with Crippen molar-refractivity contribution in [1.29, 1.82) is 0 Å². The second-order valence-electron chi connectivity index (χ2n) is 5.92. The van der Waals surface area contributed by atoms with E-state index in [2.05, 4.69) is 0 Å². The summed E-state index contributed by atoms with van der Waals surface area (Å²) in [4.78, 5) is 0. The predicted octanol–water partition coefficient (Wildman–Crippen LogP) is 3.12. The van der Waals surface area contributed by atoms with Crippen molar-refractivity contribution in [3.63, 3.8) is 0 Å². The summed E-state index contributed by atoms with van der Waals surface area (Å²) in [5, 5.41) is 10.1. The minimum Gasteiger partial charge on any atom is -0.390 e. The van der Waals surface area contributed by atoms with Crippen LogP contribution in [0.3, 0.4) is 0 Å². The Morgan fingerprint density at radius 1 is 0.857 bits per heavy atom. The lowest BCUT2D eigenvalue weighted by atomic mass is 9.66. The van der Waals surface area contributed by atoms with Gasteiger partial charge in [-0.05, 0) is 49.9 Å². The van der Waals surface area contributed by atoms with E-state index in [-0.39, 0.29) is 5.60 Å². The molecular formula is C13H22O. The average molecular weight is 194 g/mol. The lowest BCUT2D eigenvalue weighted by Crippen LogP contribution is -2.34. The number of hydrogen-bond acceptors (Lipinski definition) is 1. The molecule has 1 N–H and O–H groups in total. The van der Waals surface area contributed by atoms with Gasteiger partial charge in [0.05, 0.1) is 5.60 Å². The Balaban J connectivity index is 1.65. The Morgan fingerprint density at radius 3 is 2.29 bits per heavy atom. The first-order valence-corrected chi connectivity index (χ1v) is 6.50. The summed E-state index contributed by atoms with van der Waals surface area (Å²) in [5.74, 6) is 2.68. The highest BCUT2D eigenvalue weighted by molar-refractivity contribution is 5.02. The van der Waals surface area contributed by atoms with Crippen LogP contribution in [0.2, 0.25) is 0 Å². The summed E-state index contributed by atoms with van der Waals surface area (Å²) in [6, 6.07) is 0. The molecule has 0 bridgehead atoms. The van der Waals surface area contributed by atoms with E-state index in [9.17, 15) is 5.11 Å². The van der Waals surface area contributed by atoms with Crippen molar-refractivity contribution in [2.75, 3.05) is 0 Å². The van der Waals surface area contributed by atoms with Crippen molar-refractivity contribution in [2.45, 2.75) is 63.4 Å². The van der Waals surface area contributed by atoms with Crippen LogP contribution in [0.1, 0.15) is 57.8 Å². The zero-order valence-electron chi connectivity index (χ0n) is 9.04. The molecule has 0 aliphatic heterocycles. The molecule has 0 aromatic rings. The van der Waals surface area contributed by atoms with Crippen LogP contribution in [0, 0.1) is 17.8 Å². The van der Waals surface area contributed by atoms with Crippen LogP contribution in [0.5, 0.6) is 0 Å². The summed E-state index contributed by atoms with van der Waals surface area (Å²) in [7, 11) is 0. The standard InChI is InChI=1S/C13H22O/c14-13(7-8-13)12-6-5-10-3-1-2-4-11(10)9-12/h10-12,14H,1-9H2. The molecular weight excluding hydrogens is 172 g/mol.